The Kier molecular flexibility index (Phi) is 4.42. The third kappa shape index (κ3) is 3.49. The second-order valence-corrected chi connectivity index (χ2v) is 6.66. The van der Waals surface area contributed by atoms with Crippen molar-refractivity contribution in [3.05, 3.63) is 47.3 Å². The molecular formula is C14H15NO5S. The second kappa shape index (κ2) is 6.09. The quantitative estimate of drug-likeness (QED) is 0.786. The maximum absolute atomic E-state index is 12.1. The van der Waals surface area contributed by atoms with Crippen LogP contribution in [0, 0.1) is 6.92 Å². The highest BCUT2D eigenvalue weighted by molar-refractivity contribution is 7.91. The van der Waals surface area contributed by atoms with Crippen LogP contribution < -0.4 is 0 Å². The normalized spacial score (nSPS) is 11.3. The summed E-state index contributed by atoms with van der Waals surface area (Å²) in [5, 5.41) is 3.68. The van der Waals surface area contributed by atoms with E-state index in [-0.39, 0.29) is 22.8 Å². The molecule has 0 radical (unpaired) electrons. The molecule has 1 aromatic heterocycles. The van der Waals surface area contributed by atoms with Crippen LogP contribution in [-0.4, -0.2) is 25.3 Å². The van der Waals surface area contributed by atoms with Crippen molar-refractivity contribution in [1.82, 2.24) is 5.16 Å². The standard InChI is InChI=1S/C14H15NO5S/c1-3-21(17,18)13-7-5-4-6-12(13)14(16)19-9-11-8-10(2)15-20-11/h4-8H,3,9H2,1-2H3. The van der Waals surface area contributed by atoms with Gasteiger partial charge in [-0.05, 0) is 19.1 Å². The third-order valence-corrected chi connectivity index (χ3v) is 4.63. The molecule has 0 fully saturated rings. The lowest BCUT2D eigenvalue weighted by atomic mass is 10.2. The lowest BCUT2D eigenvalue weighted by Gasteiger charge is -2.08. The molecular weight excluding hydrogens is 294 g/mol. The van der Waals surface area contributed by atoms with Gasteiger partial charge in [0.05, 0.1) is 21.9 Å². The van der Waals surface area contributed by atoms with Gasteiger partial charge in [-0.2, -0.15) is 0 Å². The SMILES string of the molecule is CCS(=O)(=O)c1ccccc1C(=O)OCc1cc(C)no1. The summed E-state index contributed by atoms with van der Waals surface area (Å²) in [7, 11) is -3.49. The minimum Gasteiger partial charge on any atom is -0.454 e. The van der Waals surface area contributed by atoms with E-state index in [1.54, 1.807) is 25.1 Å². The highest BCUT2D eigenvalue weighted by Gasteiger charge is 2.21. The molecule has 6 nitrogen and oxygen atoms in total. The minimum absolute atomic E-state index is 0.0220. The Balaban J connectivity index is 2.20. The van der Waals surface area contributed by atoms with Gasteiger partial charge < -0.3 is 9.26 Å². The van der Waals surface area contributed by atoms with Gasteiger partial charge >= 0.3 is 5.97 Å². The fraction of sp³-hybridized carbons (Fsp3) is 0.286. The fourth-order valence-electron chi connectivity index (χ4n) is 1.76. The molecule has 1 heterocycles. The van der Waals surface area contributed by atoms with Gasteiger partial charge in [0.1, 0.15) is 0 Å². The van der Waals surface area contributed by atoms with E-state index in [9.17, 15) is 13.2 Å². The van der Waals surface area contributed by atoms with Gasteiger partial charge in [0.2, 0.25) is 0 Å². The molecule has 0 aliphatic carbocycles. The molecule has 0 saturated heterocycles. The molecule has 0 aliphatic rings. The van der Waals surface area contributed by atoms with Crippen LogP contribution in [0.1, 0.15) is 28.7 Å². The van der Waals surface area contributed by atoms with Crippen molar-refractivity contribution in [2.24, 2.45) is 0 Å². The molecule has 2 aromatic rings. The average molecular weight is 309 g/mol. The van der Waals surface area contributed by atoms with Crippen LogP contribution >= 0.6 is 0 Å². The molecule has 1 aromatic carbocycles. The Morgan fingerprint density at radius 2 is 2.05 bits per heavy atom. The molecule has 112 valence electrons. The van der Waals surface area contributed by atoms with Gasteiger partial charge in [0.25, 0.3) is 0 Å². The summed E-state index contributed by atoms with van der Waals surface area (Å²) < 4.78 is 33.9. The molecule has 0 atom stereocenters. The van der Waals surface area contributed by atoms with Crippen LogP contribution in [0.4, 0.5) is 0 Å². The number of aromatic nitrogens is 1. The van der Waals surface area contributed by atoms with Crippen molar-refractivity contribution in [2.75, 3.05) is 5.75 Å². The number of hydrogen-bond acceptors (Lipinski definition) is 6. The number of ether oxygens (including phenoxy) is 1. The Morgan fingerprint density at radius 3 is 2.67 bits per heavy atom. The van der Waals surface area contributed by atoms with E-state index < -0.39 is 15.8 Å². The molecule has 0 saturated carbocycles. The van der Waals surface area contributed by atoms with Gasteiger partial charge in [-0.25, -0.2) is 13.2 Å². The van der Waals surface area contributed by atoms with Crippen LogP contribution in [0.5, 0.6) is 0 Å². The van der Waals surface area contributed by atoms with E-state index in [1.807, 2.05) is 0 Å². The monoisotopic (exact) mass is 309 g/mol. The average Bonchev–Trinajstić information content (AvgIpc) is 2.90. The molecule has 0 amide bonds. The highest BCUT2D eigenvalue weighted by Crippen LogP contribution is 2.18. The second-order valence-electron chi connectivity index (χ2n) is 4.41. The van der Waals surface area contributed by atoms with E-state index in [1.165, 1.54) is 19.1 Å². The topological polar surface area (TPSA) is 86.5 Å². The number of aryl methyl sites for hydroxylation is 1. The zero-order valence-corrected chi connectivity index (χ0v) is 12.5. The van der Waals surface area contributed by atoms with Crippen LogP contribution in [0.15, 0.2) is 39.8 Å². The maximum atomic E-state index is 12.1. The maximum Gasteiger partial charge on any atom is 0.339 e. The lowest BCUT2D eigenvalue weighted by molar-refractivity contribution is 0.0433. The third-order valence-electron chi connectivity index (χ3n) is 2.84. The van der Waals surface area contributed by atoms with E-state index >= 15 is 0 Å². The van der Waals surface area contributed by atoms with Gasteiger partial charge in [0, 0.05) is 6.07 Å². The summed E-state index contributed by atoms with van der Waals surface area (Å²) in [6, 6.07) is 7.62. The van der Waals surface area contributed by atoms with E-state index in [0.29, 0.717) is 11.5 Å². The number of rotatable bonds is 5. The lowest BCUT2D eigenvalue weighted by Crippen LogP contribution is -2.13. The summed E-state index contributed by atoms with van der Waals surface area (Å²) in [5.74, 6) is -0.396. The number of carbonyl (C=O) groups is 1. The van der Waals surface area contributed by atoms with Gasteiger partial charge in [-0.1, -0.05) is 24.2 Å². The molecule has 0 spiro atoms. The first kappa shape index (κ1) is 15.2. The van der Waals surface area contributed by atoms with Crippen molar-refractivity contribution in [2.45, 2.75) is 25.3 Å². The zero-order chi connectivity index (χ0) is 15.5. The van der Waals surface area contributed by atoms with E-state index in [2.05, 4.69) is 5.16 Å². The Morgan fingerprint density at radius 1 is 1.33 bits per heavy atom. The molecule has 0 N–H and O–H groups in total. The van der Waals surface area contributed by atoms with Crippen LogP contribution in [0.25, 0.3) is 0 Å². The molecule has 0 aliphatic heterocycles. The minimum atomic E-state index is -3.49. The molecule has 0 bridgehead atoms. The molecule has 7 heteroatoms. The number of carbonyl (C=O) groups excluding carboxylic acids is 1. The van der Waals surface area contributed by atoms with Gasteiger partial charge in [-0.3, -0.25) is 0 Å². The first-order valence-corrected chi connectivity index (χ1v) is 8.00. The van der Waals surface area contributed by atoms with Gasteiger partial charge in [-0.15, -0.1) is 0 Å². The smallest absolute Gasteiger partial charge is 0.339 e. The van der Waals surface area contributed by atoms with Crippen LogP contribution in [0.3, 0.4) is 0 Å². The predicted molar refractivity (Wildman–Crippen MR) is 74.5 cm³/mol. The summed E-state index contributed by atoms with van der Waals surface area (Å²) in [6.07, 6.45) is 0. The van der Waals surface area contributed by atoms with E-state index in [0.717, 1.165) is 0 Å². The molecule has 2 rings (SSSR count). The number of hydrogen-bond donors (Lipinski definition) is 0. The Bertz CT molecular complexity index is 748. The van der Waals surface area contributed by atoms with Crippen LogP contribution in [0.2, 0.25) is 0 Å². The van der Waals surface area contributed by atoms with Crippen LogP contribution in [-0.2, 0) is 21.2 Å². The van der Waals surface area contributed by atoms with Gasteiger partial charge in [0.15, 0.2) is 22.2 Å². The molecule has 0 unspecified atom stereocenters. The van der Waals surface area contributed by atoms with Crippen molar-refractivity contribution >= 4 is 15.8 Å². The highest BCUT2D eigenvalue weighted by atomic mass is 32.2. The fourth-order valence-corrected chi connectivity index (χ4v) is 2.84. The number of esters is 1. The van der Waals surface area contributed by atoms with Crippen molar-refractivity contribution in [3.8, 4) is 0 Å². The van der Waals surface area contributed by atoms with E-state index in [4.69, 9.17) is 9.26 Å². The Labute approximate surface area is 122 Å². The summed E-state index contributed by atoms with van der Waals surface area (Å²) in [4.78, 5) is 12.0. The van der Waals surface area contributed by atoms with Crippen molar-refractivity contribution < 1.29 is 22.5 Å². The predicted octanol–water partition coefficient (Wildman–Crippen LogP) is 2.13. The summed E-state index contributed by atoms with van der Waals surface area (Å²) in [5.41, 5.74) is 0.700. The zero-order valence-electron chi connectivity index (χ0n) is 11.7. The molecule has 21 heavy (non-hydrogen) atoms. The number of nitrogens with zero attached hydrogens (tertiary/aromatic N) is 1. The number of benzene rings is 1. The van der Waals surface area contributed by atoms with Crippen molar-refractivity contribution in [3.63, 3.8) is 0 Å². The largest absolute Gasteiger partial charge is 0.454 e. The summed E-state index contributed by atoms with van der Waals surface area (Å²) >= 11 is 0. The summed E-state index contributed by atoms with van der Waals surface area (Å²) in [6.45, 7) is 3.17. The Hall–Kier alpha value is -2.15. The first-order valence-electron chi connectivity index (χ1n) is 6.35. The first-order chi connectivity index (χ1) is 9.94. The number of sulfone groups is 1. The van der Waals surface area contributed by atoms with Crippen molar-refractivity contribution in [1.29, 1.82) is 0 Å².